The summed E-state index contributed by atoms with van der Waals surface area (Å²) in [4.78, 5) is 34.1. The van der Waals surface area contributed by atoms with Crippen LogP contribution in [0.1, 0.15) is 110 Å². The molecule has 3 N–H and O–H groups in total. The Morgan fingerprint density at radius 2 is 1.07 bits per heavy atom. The minimum absolute atomic E-state index is 0.0677. The van der Waals surface area contributed by atoms with Crippen LogP contribution in [-0.4, -0.2) is 65.7 Å². The van der Waals surface area contributed by atoms with Crippen molar-refractivity contribution >= 4 is 19.8 Å². The highest BCUT2D eigenvalue weighted by molar-refractivity contribution is 7.47. The summed E-state index contributed by atoms with van der Waals surface area (Å²) in [5, 5.41) is 19.0. The molecule has 0 aromatic carbocycles. The van der Waals surface area contributed by atoms with E-state index in [9.17, 15) is 29.3 Å². The molecule has 0 amide bonds. The number of rotatable bonds is 30. The number of carbonyl (C=O) groups excluding carboxylic acids is 2. The van der Waals surface area contributed by atoms with Crippen molar-refractivity contribution in [3.63, 3.8) is 0 Å². The Kier molecular flexibility index (Phi) is 29.7. The van der Waals surface area contributed by atoms with Crippen molar-refractivity contribution in [1.82, 2.24) is 0 Å². The summed E-state index contributed by atoms with van der Waals surface area (Å²) in [5.41, 5.74) is 0. The summed E-state index contributed by atoms with van der Waals surface area (Å²) in [5.74, 6) is -1.12. The number of esters is 2. The maximum Gasteiger partial charge on any atom is 0.472 e. The van der Waals surface area contributed by atoms with Crippen LogP contribution < -0.4 is 0 Å². The first-order chi connectivity index (χ1) is 22.3. The van der Waals surface area contributed by atoms with Gasteiger partial charge in [0.1, 0.15) is 12.2 Å². The molecule has 0 heterocycles. The second-order valence-electron chi connectivity index (χ2n) is 10.8. The lowest BCUT2D eigenvalue weighted by molar-refractivity contribution is -0.153. The number of unbranched alkanes of at least 4 members (excludes halogenated alkanes) is 6. The molecule has 0 aromatic heterocycles. The number of phosphoric acid groups is 1. The lowest BCUT2D eigenvalue weighted by Crippen LogP contribution is -2.28. The molecule has 0 radical (unpaired) electrons. The molecule has 264 valence electrons. The van der Waals surface area contributed by atoms with Crippen molar-refractivity contribution in [1.29, 1.82) is 0 Å². The first-order valence-electron chi connectivity index (χ1n) is 16.7. The van der Waals surface area contributed by atoms with Gasteiger partial charge in [-0.25, -0.2) is 4.57 Å². The second-order valence-corrected chi connectivity index (χ2v) is 12.2. The van der Waals surface area contributed by atoms with Crippen molar-refractivity contribution in [2.24, 2.45) is 0 Å². The zero-order chi connectivity index (χ0) is 34.1. The van der Waals surface area contributed by atoms with E-state index in [1.807, 2.05) is 18.2 Å². The lowest BCUT2D eigenvalue weighted by atomic mass is 10.1. The van der Waals surface area contributed by atoms with E-state index in [0.717, 1.165) is 70.6 Å². The van der Waals surface area contributed by atoms with Gasteiger partial charge >= 0.3 is 19.8 Å². The monoisotopic (exact) mass is 670 g/mol. The molecule has 3 unspecified atom stereocenters. The average molecular weight is 671 g/mol. The first kappa shape index (κ1) is 43.7. The Morgan fingerprint density at radius 1 is 0.609 bits per heavy atom. The van der Waals surface area contributed by atoms with Gasteiger partial charge in [0.2, 0.25) is 0 Å². The van der Waals surface area contributed by atoms with Crippen LogP contribution >= 0.6 is 7.82 Å². The number of hydrogen-bond acceptors (Lipinski definition) is 9. The van der Waals surface area contributed by atoms with Crippen molar-refractivity contribution in [3.8, 4) is 0 Å². The molecule has 0 aliphatic rings. The van der Waals surface area contributed by atoms with Crippen LogP contribution in [0.5, 0.6) is 0 Å². The Labute approximate surface area is 276 Å². The van der Waals surface area contributed by atoms with Crippen LogP contribution in [0.15, 0.2) is 60.8 Å². The van der Waals surface area contributed by atoms with Crippen LogP contribution in [0.2, 0.25) is 0 Å². The number of phosphoric ester groups is 1. The molecule has 0 aliphatic heterocycles. The third kappa shape index (κ3) is 29.1. The Morgan fingerprint density at radius 3 is 1.61 bits per heavy atom. The fourth-order valence-electron chi connectivity index (χ4n) is 3.89. The smallest absolute Gasteiger partial charge is 0.457 e. The van der Waals surface area contributed by atoms with E-state index in [4.69, 9.17) is 18.5 Å². The van der Waals surface area contributed by atoms with Gasteiger partial charge in [0, 0.05) is 12.8 Å². The van der Waals surface area contributed by atoms with E-state index in [2.05, 4.69) is 56.4 Å². The molecule has 11 heteroatoms. The maximum absolute atomic E-state index is 12.2. The third-order valence-corrected chi connectivity index (χ3v) is 7.41. The molecule has 0 fully saturated rings. The minimum Gasteiger partial charge on any atom is -0.457 e. The Bertz CT molecular complexity index is 957. The minimum atomic E-state index is -4.65. The molecule has 0 aliphatic carbocycles. The summed E-state index contributed by atoms with van der Waals surface area (Å²) in [6, 6.07) is 0. The third-order valence-electron chi connectivity index (χ3n) is 6.46. The van der Waals surface area contributed by atoms with Crippen molar-refractivity contribution in [3.05, 3.63) is 60.8 Å². The normalized spacial score (nSPS) is 15.0. The van der Waals surface area contributed by atoms with E-state index >= 15 is 0 Å². The predicted octanol–water partition coefficient (Wildman–Crippen LogP) is 7.60. The zero-order valence-corrected chi connectivity index (χ0v) is 28.9. The standard InChI is InChI=1S/C35H59O10P/c1-3-5-7-9-11-13-15-16-17-19-21-23-25-27-35(39)45-33(29-37)31-43-46(40,41)42-30-32(28-36)44-34(38)26-24-22-20-18-14-12-10-8-6-4-2/h5,7-8,10-11,13,16-17,21,23,32-33,36-37H,3-4,6,9,12,14-15,18-20,22,24-31H2,1-2H3,(H,40,41)/b7-5-,10-8-,13-11-,17-16-,23-21-. The maximum atomic E-state index is 12.2. The number of ether oxygens (including phenoxy) is 2. The molecule has 10 nitrogen and oxygen atoms in total. The number of carbonyl (C=O) groups is 2. The van der Waals surface area contributed by atoms with Gasteiger partial charge in [0.05, 0.1) is 26.4 Å². The highest BCUT2D eigenvalue weighted by Crippen LogP contribution is 2.43. The topological polar surface area (TPSA) is 149 Å². The van der Waals surface area contributed by atoms with Gasteiger partial charge in [-0.2, -0.15) is 0 Å². The van der Waals surface area contributed by atoms with Gasteiger partial charge in [-0.15, -0.1) is 0 Å². The highest BCUT2D eigenvalue weighted by Gasteiger charge is 2.27. The Balaban J connectivity index is 4.17. The molecular formula is C35H59O10P. The molecule has 3 atom stereocenters. The van der Waals surface area contributed by atoms with Gasteiger partial charge in [-0.1, -0.05) is 100 Å². The average Bonchev–Trinajstić information content (AvgIpc) is 3.04. The van der Waals surface area contributed by atoms with Crippen LogP contribution in [-0.2, 0) is 32.7 Å². The summed E-state index contributed by atoms with van der Waals surface area (Å²) in [6.07, 6.45) is 30.9. The molecule has 0 rings (SSSR count). The van der Waals surface area contributed by atoms with E-state index in [1.165, 1.54) is 0 Å². The largest absolute Gasteiger partial charge is 0.472 e. The number of allylic oxidation sites excluding steroid dienone is 10. The van der Waals surface area contributed by atoms with E-state index in [1.54, 1.807) is 0 Å². The van der Waals surface area contributed by atoms with Crippen molar-refractivity contribution in [2.45, 2.75) is 122 Å². The summed E-state index contributed by atoms with van der Waals surface area (Å²) >= 11 is 0. The molecule has 0 bridgehead atoms. The summed E-state index contributed by atoms with van der Waals surface area (Å²) in [6.45, 7) is 1.88. The number of aliphatic hydroxyl groups excluding tert-OH is 2. The second kappa shape index (κ2) is 31.3. The summed E-state index contributed by atoms with van der Waals surface area (Å²) in [7, 11) is -4.65. The van der Waals surface area contributed by atoms with Gasteiger partial charge in [0.25, 0.3) is 0 Å². The number of aliphatic hydroxyl groups is 2. The van der Waals surface area contributed by atoms with Crippen LogP contribution in [0.4, 0.5) is 0 Å². The van der Waals surface area contributed by atoms with E-state index < -0.39 is 58.4 Å². The van der Waals surface area contributed by atoms with Gasteiger partial charge in [-0.3, -0.25) is 18.6 Å². The van der Waals surface area contributed by atoms with Crippen LogP contribution in [0, 0.1) is 0 Å². The van der Waals surface area contributed by atoms with Gasteiger partial charge in [-0.05, 0) is 57.8 Å². The van der Waals surface area contributed by atoms with Crippen molar-refractivity contribution in [2.75, 3.05) is 26.4 Å². The SMILES string of the molecule is CC/C=C\C/C=C\C/C=C\C/C=C\CCC(=O)OC(CO)COP(=O)(O)OCC(CO)OC(=O)CCCCCCC/C=C\CCC. The lowest BCUT2D eigenvalue weighted by Gasteiger charge is -2.20. The molecule has 0 saturated carbocycles. The fourth-order valence-corrected chi connectivity index (χ4v) is 4.68. The molecule has 0 spiro atoms. The van der Waals surface area contributed by atoms with E-state index in [-0.39, 0.29) is 12.8 Å². The van der Waals surface area contributed by atoms with Crippen LogP contribution in [0.3, 0.4) is 0 Å². The van der Waals surface area contributed by atoms with E-state index in [0.29, 0.717) is 12.8 Å². The Hall–Kier alpha value is -2.33. The van der Waals surface area contributed by atoms with Gasteiger partial charge < -0.3 is 24.6 Å². The molecule has 0 saturated heterocycles. The van der Waals surface area contributed by atoms with Crippen molar-refractivity contribution < 1.29 is 47.8 Å². The number of hydrogen-bond donors (Lipinski definition) is 3. The first-order valence-corrected chi connectivity index (χ1v) is 18.2. The predicted molar refractivity (Wildman–Crippen MR) is 182 cm³/mol. The quantitative estimate of drug-likeness (QED) is 0.0302. The fraction of sp³-hybridized carbons (Fsp3) is 0.657. The zero-order valence-electron chi connectivity index (χ0n) is 28.0. The highest BCUT2D eigenvalue weighted by atomic mass is 31.2. The molecular weight excluding hydrogens is 611 g/mol. The summed E-state index contributed by atoms with van der Waals surface area (Å²) < 4.78 is 32.2. The molecule has 46 heavy (non-hydrogen) atoms. The molecule has 0 aromatic rings. The van der Waals surface area contributed by atoms with Gasteiger partial charge in [0.15, 0.2) is 0 Å². The van der Waals surface area contributed by atoms with Crippen LogP contribution in [0.25, 0.3) is 0 Å².